The minimum absolute atomic E-state index is 0.0499. The predicted molar refractivity (Wildman–Crippen MR) is 106 cm³/mol. The number of nitrogens with zero attached hydrogens (tertiary/aromatic N) is 3. The molecule has 3 rings (SSSR count). The van der Waals surface area contributed by atoms with E-state index in [2.05, 4.69) is 15.3 Å². The third-order valence-corrected chi connectivity index (χ3v) is 4.57. The Balaban J connectivity index is 1.81. The summed E-state index contributed by atoms with van der Waals surface area (Å²) >= 11 is 0. The highest BCUT2D eigenvalue weighted by atomic mass is 19.4. The van der Waals surface area contributed by atoms with E-state index < -0.39 is 12.0 Å². The first-order chi connectivity index (χ1) is 13.8. The van der Waals surface area contributed by atoms with Crippen molar-refractivity contribution in [2.45, 2.75) is 26.6 Å². The normalized spacial score (nSPS) is 11.5. The van der Waals surface area contributed by atoms with E-state index in [0.717, 1.165) is 5.56 Å². The van der Waals surface area contributed by atoms with Crippen LogP contribution < -0.4 is 5.32 Å². The van der Waals surface area contributed by atoms with Crippen molar-refractivity contribution in [1.29, 1.82) is 0 Å². The fourth-order valence-corrected chi connectivity index (χ4v) is 2.98. The maximum absolute atomic E-state index is 13.1. The monoisotopic (exact) mass is 402 g/mol. The second kappa shape index (κ2) is 8.46. The number of hydrogen-bond acceptors (Lipinski definition) is 4. The van der Waals surface area contributed by atoms with Gasteiger partial charge < -0.3 is 10.2 Å². The average Bonchev–Trinajstić information content (AvgIpc) is 2.72. The Morgan fingerprint density at radius 2 is 1.66 bits per heavy atom. The molecule has 2 aromatic carbocycles. The lowest BCUT2D eigenvalue weighted by Gasteiger charge is -2.18. The zero-order valence-electron chi connectivity index (χ0n) is 16.1. The first-order valence-electron chi connectivity index (χ1n) is 9.29. The number of benzene rings is 2. The average molecular weight is 402 g/mol. The van der Waals surface area contributed by atoms with Gasteiger partial charge in [0.15, 0.2) is 0 Å². The van der Waals surface area contributed by atoms with Gasteiger partial charge in [0.05, 0.1) is 5.52 Å². The largest absolute Gasteiger partial charge is 0.451 e. The van der Waals surface area contributed by atoms with Crippen molar-refractivity contribution in [2.75, 3.05) is 18.4 Å². The number of para-hydroxylation sites is 1. The van der Waals surface area contributed by atoms with Gasteiger partial charge in [-0.15, -0.1) is 0 Å². The highest BCUT2D eigenvalue weighted by molar-refractivity contribution is 5.94. The number of fused-ring (bicyclic) bond motifs is 1. The van der Waals surface area contributed by atoms with Crippen LogP contribution in [-0.2, 0) is 12.7 Å². The highest BCUT2D eigenvalue weighted by Gasteiger charge is 2.35. The van der Waals surface area contributed by atoms with Gasteiger partial charge in [-0.3, -0.25) is 4.79 Å². The Kier molecular flexibility index (Phi) is 6.00. The number of aromatic nitrogens is 2. The molecular formula is C21H21F3N4O. The van der Waals surface area contributed by atoms with E-state index in [9.17, 15) is 18.0 Å². The van der Waals surface area contributed by atoms with Gasteiger partial charge in [-0.1, -0.05) is 24.3 Å². The molecular weight excluding hydrogens is 381 g/mol. The summed E-state index contributed by atoms with van der Waals surface area (Å²) in [5.41, 5.74) is 1.61. The Morgan fingerprint density at radius 3 is 2.28 bits per heavy atom. The number of anilines is 1. The molecule has 0 saturated carbocycles. The van der Waals surface area contributed by atoms with Crippen LogP contribution in [0.1, 0.15) is 35.6 Å². The van der Waals surface area contributed by atoms with E-state index in [1.807, 2.05) is 13.8 Å². The van der Waals surface area contributed by atoms with E-state index >= 15 is 0 Å². The molecule has 5 nitrogen and oxygen atoms in total. The zero-order valence-corrected chi connectivity index (χ0v) is 16.1. The van der Waals surface area contributed by atoms with Gasteiger partial charge in [0.25, 0.3) is 5.91 Å². The molecule has 0 unspecified atom stereocenters. The van der Waals surface area contributed by atoms with Crippen molar-refractivity contribution < 1.29 is 18.0 Å². The van der Waals surface area contributed by atoms with E-state index in [0.29, 0.717) is 24.0 Å². The number of rotatable bonds is 6. The minimum Gasteiger partial charge on any atom is -0.365 e. The van der Waals surface area contributed by atoms with Crippen molar-refractivity contribution in [3.8, 4) is 0 Å². The number of carbonyl (C=O) groups is 1. The summed E-state index contributed by atoms with van der Waals surface area (Å²) in [5.74, 6) is -1.11. The molecule has 0 aliphatic heterocycles. The molecule has 1 aromatic heterocycles. The summed E-state index contributed by atoms with van der Waals surface area (Å²) in [6.07, 6.45) is -4.63. The second-order valence-corrected chi connectivity index (χ2v) is 6.44. The molecule has 0 fully saturated rings. The number of hydrogen-bond donors (Lipinski definition) is 1. The van der Waals surface area contributed by atoms with Crippen LogP contribution in [0.3, 0.4) is 0 Å². The van der Waals surface area contributed by atoms with Gasteiger partial charge in [-0.05, 0) is 43.7 Å². The van der Waals surface area contributed by atoms with Gasteiger partial charge in [0.1, 0.15) is 5.82 Å². The van der Waals surface area contributed by atoms with Crippen LogP contribution in [0, 0.1) is 0 Å². The van der Waals surface area contributed by atoms with Crippen LogP contribution in [0.15, 0.2) is 48.5 Å². The molecule has 0 radical (unpaired) electrons. The van der Waals surface area contributed by atoms with E-state index in [1.54, 1.807) is 47.4 Å². The molecule has 3 aromatic rings. The first-order valence-corrected chi connectivity index (χ1v) is 9.29. The van der Waals surface area contributed by atoms with E-state index in [4.69, 9.17) is 0 Å². The first kappa shape index (κ1) is 20.6. The SMILES string of the molecule is CCN(CC)C(=O)c1ccc(CNc2nc(C(F)(F)F)nc3ccccc23)cc1. The fourth-order valence-electron chi connectivity index (χ4n) is 2.98. The molecule has 0 saturated heterocycles. The number of alkyl halides is 3. The lowest BCUT2D eigenvalue weighted by molar-refractivity contribution is -0.144. The molecule has 1 amide bonds. The number of nitrogens with one attached hydrogen (secondary N) is 1. The van der Waals surface area contributed by atoms with Crippen molar-refractivity contribution in [3.63, 3.8) is 0 Å². The maximum atomic E-state index is 13.1. The van der Waals surface area contributed by atoms with Gasteiger partial charge in [-0.2, -0.15) is 13.2 Å². The Hall–Kier alpha value is -3.16. The van der Waals surface area contributed by atoms with Crippen LogP contribution in [0.5, 0.6) is 0 Å². The summed E-state index contributed by atoms with van der Waals surface area (Å²) in [4.78, 5) is 21.4. The second-order valence-electron chi connectivity index (χ2n) is 6.44. The fraction of sp³-hybridized carbons (Fsp3) is 0.286. The Bertz CT molecular complexity index is 999. The topological polar surface area (TPSA) is 58.1 Å². The number of halogens is 3. The molecule has 29 heavy (non-hydrogen) atoms. The van der Waals surface area contributed by atoms with Gasteiger partial charge >= 0.3 is 6.18 Å². The smallest absolute Gasteiger partial charge is 0.365 e. The molecule has 0 bridgehead atoms. The molecule has 0 aliphatic rings. The van der Waals surface area contributed by atoms with Crippen LogP contribution in [-0.4, -0.2) is 33.9 Å². The summed E-state index contributed by atoms with van der Waals surface area (Å²) < 4.78 is 39.3. The van der Waals surface area contributed by atoms with Gasteiger partial charge in [0, 0.05) is 30.6 Å². The van der Waals surface area contributed by atoms with E-state index in [1.165, 1.54) is 6.07 Å². The summed E-state index contributed by atoms with van der Waals surface area (Å²) in [6, 6.07) is 13.5. The Morgan fingerprint density at radius 1 is 1.00 bits per heavy atom. The molecule has 0 spiro atoms. The lowest BCUT2D eigenvalue weighted by atomic mass is 10.1. The highest BCUT2D eigenvalue weighted by Crippen LogP contribution is 2.30. The molecule has 0 atom stereocenters. The van der Waals surface area contributed by atoms with Crippen LogP contribution in [0.25, 0.3) is 10.9 Å². The minimum atomic E-state index is -4.63. The quantitative estimate of drug-likeness (QED) is 0.647. The summed E-state index contributed by atoms with van der Waals surface area (Å²) in [6.45, 7) is 5.35. The third kappa shape index (κ3) is 4.64. The Labute approximate surface area is 166 Å². The maximum Gasteiger partial charge on any atom is 0.451 e. The third-order valence-electron chi connectivity index (χ3n) is 4.57. The molecule has 0 aliphatic carbocycles. The van der Waals surface area contributed by atoms with Crippen molar-refractivity contribution in [2.24, 2.45) is 0 Å². The zero-order chi connectivity index (χ0) is 21.0. The molecule has 1 N–H and O–H groups in total. The van der Waals surface area contributed by atoms with Crippen molar-refractivity contribution in [3.05, 3.63) is 65.5 Å². The van der Waals surface area contributed by atoms with Gasteiger partial charge in [0.2, 0.25) is 5.82 Å². The standard InChI is InChI=1S/C21H21F3N4O/c1-3-28(4-2)19(29)15-11-9-14(10-12-15)13-25-18-16-7-5-6-8-17(16)26-20(27-18)21(22,23)24/h5-12H,3-4,13H2,1-2H3,(H,25,26,27). The summed E-state index contributed by atoms with van der Waals surface area (Å²) in [5, 5.41) is 3.47. The van der Waals surface area contributed by atoms with E-state index in [-0.39, 0.29) is 23.8 Å². The molecule has 1 heterocycles. The number of carbonyl (C=O) groups excluding carboxylic acids is 1. The predicted octanol–water partition coefficient (Wildman–Crippen LogP) is 4.74. The number of amides is 1. The van der Waals surface area contributed by atoms with Crippen molar-refractivity contribution in [1.82, 2.24) is 14.9 Å². The lowest BCUT2D eigenvalue weighted by Crippen LogP contribution is -2.30. The molecule has 152 valence electrons. The summed E-state index contributed by atoms with van der Waals surface area (Å²) in [7, 11) is 0. The molecule has 8 heteroatoms. The van der Waals surface area contributed by atoms with Crippen LogP contribution in [0.2, 0.25) is 0 Å². The van der Waals surface area contributed by atoms with Crippen LogP contribution in [0.4, 0.5) is 19.0 Å². The van der Waals surface area contributed by atoms with Gasteiger partial charge in [-0.25, -0.2) is 9.97 Å². The van der Waals surface area contributed by atoms with Crippen molar-refractivity contribution >= 4 is 22.6 Å². The van der Waals surface area contributed by atoms with Crippen LogP contribution >= 0.6 is 0 Å².